The number of hydrazine groups is 1. The van der Waals surface area contributed by atoms with Crippen LogP contribution in [0.5, 0.6) is 0 Å². The fourth-order valence-electron chi connectivity index (χ4n) is 10.1. The third-order valence-corrected chi connectivity index (χ3v) is 14.9. The number of carbonyl (C=O) groups excluding carboxylic acids is 4. The Labute approximate surface area is 413 Å². The number of benzene rings is 1. The molecule has 6 bridgehead atoms. The number of methoxy groups -OCH3 is 1. The third kappa shape index (κ3) is 11.1. The molecule has 5 atom stereocenters. The molecule has 19 heteroatoms. The Morgan fingerprint density at radius 3 is 2.66 bits per heavy atom. The van der Waals surface area contributed by atoms with Crippen molar-refractivity contribution in [2.75, 3.05) is 73.2 Å². The molecule has 4 aliphatic heterocycles. The lowest BCUT2D eigenvalue weighted by Crippen LogP contribution is -2.62. The van der Waals surface area contributed by atoms with Gasteiger partial charge in [0.25, 0.3) is 11.8 Å². The van der Waals surface area contributed by atoms with E-state index in [0.717, 1.165) is 57.8 Å². The Balaban J connectivity index is 1.07. The van der Waals surface area contributed by atoms with Gasteiger partial charge in [0, 0.05) is 106 Å². The number of thiazole rings is 1. The monoisotopic (exact) mass is 979 g/mol. The lowest BCUT2D eigenvalue weighted by Gasteiger charge is -2.35. The van der Waals surface area contributed by atoms with Crippen molar-refractivity contribution >= 4 is 45.9 Å². The number of aromatic nitrogens is 3. The van der Waals surface area contributed by atoms with Crippen LogP contribution in [-0.4, -0.2) is 154 Å². The molecule has 1 aromatic carbocycles. The summed E-state index contributed by atoms with van der Waals surface area (Å²) in [5, 5.41) is 8.03. The first-order valence-electron chi connectivity index (χ1n) is 24.4. The van der Waals surface area contributed by atoms with Crippen molar-refractivity contribution in [1.82, 2.24) is 45.0 Å². The van der Waals surface area contributed by atoms with Gasteiger partial charge >= 0.3 is 6.17 Å². The van der Waals surface area contributed by atoms with Crippen LogP contribution in [0, 0.1) is 34.0 Å². The van der Waals surface area contributed by atoms with Crippen LogP contribution in [0.15, 0.2) is 41.9 Å². The van der Waals surface area contributed by atoms with E-state index >= 15 is 0 Å². The molecular formula is C51H67N10O8S+. The van der Waals surface area contributed by atoms with Crippen molar-refractivity contribution in [3.8, 4) is 34.4 Å². The molecule has 0 spiro atoms. The molecule has 2 N–H and O–H groups in total. The van der Waals surface area contributed by atoms with Gasteiger partial charge in [-0.3, -0.25) is 34.1 Å². The van der Waals surface area contributed by atoms with E-state index in [4.69, 9.17) is 24.3 Å². The lowest BCUT2D eigenvalue weighted by molar-refractivity contribution is -0.835. The van der Waals surface area contributed by atoms with Crippen LogP contribution in [0.25, 0.3) is 33.4 Å². The van der Waals surface area contributed by atoms with Gasteiger partial charge in [-0.1, -0.05) is 39.7 Å². The zero-order valence-corrected chi connectivity index (χ0v) is 42.5. The van der Waals surface area contributed by atoms with E-state index in [1.54, 1.807) is 25.3 Å². The van der Waals surface area contributed by atoms with Gasteiger partial charge in [0.05, 0.1) is 58.8 Å². The summed E-state index contributed by atoms with van der Waals surface area (Å²) in [5.74, 6) is 3.34. The summed E-state index contributed by atoms with van der Waals surface area (Å²) in [6, 6.07) is 8.23. The molecule has 0 aliphatic carbocycles. The molecule has 4 aliphatic rings. The third-order valence-electron chi connectivity index (χ3n) is 14.0. The average molecular weight is 980 g/mol. The van der Waals surface area contributed by atoms with Crippen LogP contribution in [-0.2, 0) is 53.4 Å². The SMILES string of the molecule is CO[C@@H](C)c1ncccc1-c1c2c3cc(ccc3n1C)-c1csc(n1)C[C@H](NC(=O)[C@H](C(C)C)N(C)C(=O)[C@H]1CCN(C(=O)C#CCN3CCOCC3)C1)C(=O)N1CCC[C@H](N1)[N+](=O)OCC(C)(C)C2. The molecule has 18 nitrogen and oxygen atoms in total. The minimum Gasteiger partial charge on any atom is -0.379 e. The van der Waals surface area contributed by atoms with Crippen LogP contribution in [0.4, 0.5) is 0 Å². The molecule has 4 aromatic rings. The van der Waals surface area contributed by atoms with Crippen LogP contribution in [0.3, 0.4) is 0 Å². The van der Waals surface area contributed by atoms with E-state index in [1.165, 1.54) is 21.2 Å². The summed E-state index contributed by atoms with van der Waals surface area (Å²) in [4.78, 5) is 91.8. The van der Waals surface area contributed by atoms with E-state index in [1.807, 2.05) is 38.3 Å². The predicted octanol–water partition coefficient (Wildman–Crippen LogP) is 4.51. The Morgan fingerprint density at radius 1 is 1.11 bits per heavy atom. The first kappa shape index (κ1) is 50.6. The van der Waals surface area contributed by atoms with Crippen molar-refractivity contribution in [3.63, 3.8) is 0 Å². The number of likely N-dealkylation sites (tertiary alicyclic amines) is 1. The maximum atomic E-state index is 14.7. The quantitative estimate of drug-likeness (QED) is 0.224. The van der Waals surface area contributed by atoms with Gasteiger partial charge in [-0.2, -0.15) is 5.43 Å². The predicted molar refractivity (Wildman–Crippen MR) is 264 cm³/mol. The number of fused-ring (bicyclic) bond motifs is 6. The van der Waals surface area contributed by atoms with Gasteiger partial charge in [0.15, 0.2) is 6.61 Å². The average Bonchev–Trinajstić information content (AvgIpc) is 4.11. The van der Waals surface area contributed by atoms with E-state index in [9.17, 15) is 24.1 Å². The number of morpholine rings is 1. The number of rotatable bonds is 9. The highest BCUT2D eigenvalue weighted by Gasteiger charge is 2.42. The largest absolute Gasteiger partial charge is 0.379 e. The molecule has 3 fully saturated rings. The number of ether oxygens (including phenoxy) is 2. The second kappa shape index (κ2) is 21.7. The number of nitrogens with zero attached hydrogens (tertiary/aromatic N) is 8. The molecule has 3 aromatic heterocycles. The molecule has 374 valence electrons. The van der Waals surface area contributed by atoms with Gasteiger partial charge in [-0.15, -0.1) is 11.3 Å². The Kier molecular flexibility index (Phi) is 15.7. The number of hydrogen-bond acceptors (Lipinski definition) is 13. The Morgan fingerprint density at radius 2 is 1.90 bits per heavy atom. The Bertz CT molecular complexity index is 2670. The number of amides is 4. The van der Waals surface area contributed by atoms with E-state index < -0.39 is 41.4 Å². The Hall–Kier alpha value is -5.78. The van der Waals surface area contributed by atoms with Crippen LogP contribution in [0.2, 0.25) is 0 Å². The fraction of sp³-hybridized carbons (Fsp3) is 0.569. The summed E-state index contributed by atoms with van der Waals surface area (Å²) in [6.07, 6.45) is 2.62. The van der Waals surface area contributed by atoms with Gasteiger partial charge in [0.1, 0.15) is 12.1 Å². The molecule has 0 radical (unpaired) electrons. The summed E-state index contributed by atoms with van der Waals surface area (Å²) >= 11 is 1.40. The van der Waals surface area contributed by atoms with Crippen molar-refractivity contribution in [2.24, 2.45) is 24.3 Å². The molecule has 0 saturated carbocycles. The zero-order chi connectivity index (χ0) is 49.9. The first-order valence-corrected chi connectivity index (χ1v) is 25.3. The van der Waals surface area contributed by atoms with Gasteiger partial charge in [-0.25, -0.2) is 9.82 Å². The number of carbonyl (C=O) groups is 4. The van der Waals surface area contributed by atoms with E-state index in [-0.39, 0.29) is 43.4 Å². The van der Waals surface area contributed by atoms with Gasteiger partial charge in [-0.05, 0) is 67.9 Å². The lowest BCUT2D eigenvalue weighted by atomic mass is 9.84. The molecule has 3 saturated heterocycles. The van der Waals surface area contributed by atoms with Gasteiger partial charge in [0.2, 0.25) is 16.7 Å². The molecule has 70 heavy (non-hydrogen) atoms. The highest BCUT2D eigenvalue weighted by Crippen LogP contribution is 2.41. The van der Waals surface area contributed by atoms with Crippen LogP contribution < -0.4 is 10.7 Å². The number of nitrogens with one attached hydrogen (secondary N) is 2. The normalized spacial score (nSPS) is 21.9. The first-order chi connectivity index (χ1) is 33.5. The van der Waals surface area contributed by atoms with E-state index in [0.29, 0.717) is 68.5 Å². The zero-order valence-electron chi connectivity index (χ0n) is 41.7. The van der Waals surface area contributed by atoms with Crippen molar-refractivity contribution in [2.45, 2.75) is 91.1 Å². The minimum atomic E-state index is -1.11. The highest BCUT2D eigenvalue weighted by molar-refractivity contribution is 7.10. The summed E-state index contributed by atoms with van der Waals surface area (Å²) in [7, 11) is 5.33. The second-order valence-corrected chi connectivity index (χ2v) is 21.0. The fourth-order valence-corrected chi connectivity index (χ4v) is 11.0. The summed E-state index contributed by atoms with van der Waals surface area (Å²) in [6.45, 7) is 14.1. The molecule has 4 amide bonds. The molecular weight excluding hydrogens is 913 g/mol. The number of hydrogen-bond donors (Lipinski definition) is 2. The smallest absolute Gasteiger partial charge is 0.326 e. The standard InChI is InChI=1S/C51H66N10O8S/c1-32(2)46(57(7)49(64)35-17-21-59(29-35)44(62)14-11-19-58-22-24-68-25-23-58)48(63)54-39-27-43-53-40(30-70-43)34-15-16-41-37(26-34)38(47(56(41)6)36-12-9-18-52-45(36)33(3)67-8)28-51(4,5)31-69-61(66)42-13-10-20-60(55-42)50(39)65/h9,12,15-16,18,26,30,32-33,35,39,42,46,55H,10,13,17,19-25,27-29,31H2,1-8H3/p+1/t33-,35-,39-,42+,46-/m0/s1. The van der Waals surface area contributed by atoms with Crippen molar-refractivity contribution < 1.29 is 38.4 Å². The maximum Gasteiger partial charge on any atom is 0.326 e. The van der Waals surface area contributed by atoms with Crippen LogP contribution >= 0.6 is 11.3 Å². The number of pyridine rings is 1. The number of likely N-dealkylation sites (N-methyl/N-ethyl adjacent to an activating group) is 1. The van der Waals surface area contributed by atoms with Crippen molar-refractivity contribution in [1.29, 1.82) is 0 Å². The van der Waals surface area contributed by atoms with Gasteiger partial charge < -0.3 is 29.2 Å². The minimum absolute atomic E-state index is 0.0586. The second-order valence-electron chi connectivity index (χ2n) is 20.1. The molecule has 8 rings (SSSR count). The van der Waals surface area contributed by atoms with Crippen LogP contribution in [0.1, 0.15) is 76.3 Å². The maximum absolute atomic E-state index is 14.7. The highest BCUT2D eigenvalue weighted by atomic mass is 32.1. The molecule has 7 heterocycles. The topological polar surface area (TPSA) is 184 Å². The number of aryl methyl sites for hydroxylation is 1. The van der Waals surface area contributed by atoms with Crippen molar-refractivity contribution in [3.05, 3.63) is 63.1 Å². The van der Waals surface area contributed by atoms with E-state index in [2.05, 4.69) is 71.1 Å². The summed E-state index contributed by atoms with van der Waals surface area (Å²) in [5.41, 5.74) is 9.01. The molecule has 0 unspecified atom stereocenters. The summed E-state index contributed by atoms with van der Waals surface area (Å²) < 4.78 is 13.4.